The van der Waals surface area contributed by atoms with E-state index in [9.17, 15) is 9.59 Å². The largest absolute Gasteiger partial charge is 0.345 e. The highest BCUT2D eigenvalue weighted by Gasteiger charge is 2.39. The monoisotopic (exact) mass is 256 g/mol. The molecule has 0 bridgehead atoms. The van der Waals surface area contributed by atoms with Crippen molar-refractivity contribution in [3.63, 3.8) is 0 Å². The van der Waals surface area contributed by atoms with E-state index in [0.29, 0.717) is 0 Å². The number of piperazine rings is 1. The molecule has 2 amide bonds. The lowest BCUT2D eigenvalue weighted by Gasteiger charge is -2.39. The van der Waals surface area contributed by atoms with Gasteiger partial charge in [-0.3, -0.25) is 9.59 Å². The van der Waals surface area contributed by atoms with E-state index in [0.717, 1.165) is 18.4 Å². The molecule has 0 aromatic heterocycles. The molecule has 1 fully saturated rings. The van der Waals surface area contributed by atoms with E-state index in [-0.39, 0.29) is 24.4 Å². The maximum Gasteiger partial charge on any atom is 0.247 e. The Labute approximate surface area is 112 Å². The number of hydrogen-bond donors (Lipinski definition) is 1. The van der Waals surface area contributed by atoms with E-state index in [2.05, 4.69) is 17.5 Å². The molecule has 98 valence electrons. The van der Waals surface area contributed by atoms with Crippen molar-refractivity contribution in [2.24, 2.45) is 0 Å². The van der Waals surface area contributed by atoms with Gasteiger partial charge in [-0.2, -0.15) is 0 Å². The summed E-state index contributed by atoms with van der Waals surface area (Å²) in [5, 5.41) is 2.68. The minimum absolute atomic E-state index is 0.00199. The zero-order valence-corrected chi connectivity index (χ0v) is 10.6. The van der Waals surface area contributed by atoms with E-state index in [1.54, 1.807) is 4.90 Å². The number of nitrogens with zero attached hydrogens (tertiary/aromatic N) is 1. The molecule has 1 unspecified atom stereocenters. The van der Waals surface area contributed by atoms with E-state index in [1.807, 2.05) is 30.3 Å². The Morgan fingerprint density at radius 2 is 1.74 bits per heavy atom. The van der Waals surface area contributed by atoms with Crippen molar-refractivity contribution in [1.82, 2.24) is 10.2 Å². The first-order chi connectivity index (χ1) is 9.27. The van der Waals surface area contributed by atoms with Gasteiger partial charge in [-0.1, -0.05) is 42.5 Å². The van der Waals surface area contributed by atoms with Crippen molar-refractivity contribution < 1.29 is 9.59 Å². The summed E-state index contributed by atoms with van der Waals surface area (Å²) in [4.78, 5) is 26.1. The van der Waals surface area contributed by atoms with Crippen molar-refractivity contribution in [3.8, 4) is 0 Å². The Morgan fingerprint density at radius 1 is 1.05 bits per heavy atom. The number of amides is 2. The van der Waals surface area contributed by atoms with Crippen LogP contribution in [-0.4, -0.2) is 29.3 Å². The van der Waals surface area contributed by atoms with E-state index in [4.69, 9.17) is 0 Å². The van der Waals surface area contributed by atoms with Gasteiger partial charge < -0.3 is 10.2 Å². The Kier molecular flexibility index (Phi) is 3.07. The summed E-state index contributed by atoms with van der Waals surface area (Å²) in [6.07, 6.45) is 5.82. The fraction of sp³-hybridized carbons (Fsp3) is 0.333. The summed E-state index contributed by atoms with van der Waals surface area (Å²) in [6.45, 7) is 0.110. The highest BCUT2D eigenvalue weighted by molar-refractivity contribution is 5.95. The quantitative estimate of drug-likeness (QED) is 0.813. The standard InChI is InChI=1S/C15H16N2O2/c18-13-10-16-15(19)14(11-6-2-1-3-7-11)17(13)12-8-4-5-9-12/h1-7,12,14H,8-10H2,(H,16,19). The third-order valence-corrected chi connectivity index (χ3v) is 3.72. The van der Waals surface area contributed by atoms with Crippen LogP contribution in [0.5, 0.6) is 0 Å². The molecule has 1 atom stereocenters. The summed E-state index contributed by atoms with van der Waals surface area (Å²) in [6, 6.07) is 9.12. The predicted molar refractivity (Wildman–Crippen MR) is 71.2 cm³/mol. The lowest BCUT2D eigenvalue weighted by molar-refractivity contribution is -0.148. The third kappa shape index (κ3) is 2.14. The molecule has 1 heterocycles. The van der Waals surface area contributed by atoms with E-state index < -0.39 is 6.04 Å². The van der Waals surface area contributed by atoms with Gasteiger partial charge >= 0.3 is 0 Å². The fourth-order valence-corrected chi connectivity index (χ4v) is 2.81. The van der Waals surface area contributed by atoms with E-state index in [1.165, 1.54) is 0 Å². The van der Waals surface area contributed by atoms with Crippen LogP contribution in [0.2, 0.25) is 0 Å². The number of rotatable bonds is 2. The molecule has 1 aromatic carbocycles. The third-order valence-electron chi connectivity index (χ3n) is 3.72. The Hall–Kier alpha value is -2.10. The summed E-state index contributed by atoms with van der Waals surface area (Å²) in [7, 11) is 0. The number of benzene rings is 1. The molecule has 3 rings (SSSR count). The normalized spacial score (nSPS) is 23.8. The van der Waals surface area contributed by atoms with Gasteiger partial charge in [0, 0.05) is 6.04 Å². The first-order valence-electron chi connectivity index (χ1n) is 6.56. The first-order valence-corrected chi connectivity index (χ1v) is 6.56. The molecular formula is C15H16N2O2. The highest BCUT2D eigenvalue weighted by atomic mass is 16.2. The molecule has 1 N–H and O–H groups in total. The zero-order chi connectivity index (χ0) is 13.2. The first kappa shape index (κ1) is 12.0. The van der Waals surface area contributed by atoms with Gasteiger partial charge in [0.1, 0.15) is 6.04 Å². The SMILES string of the molecule is O=C1NCC(=O)N(C2CC=CC2)C1c1ccccc1. The molecule has 2 aliphatic rings. The Morgan fingerprint density at radius 3 is 2.42 bits per heavy atom. The van der Waals surface area contributed by atoms with Gasteiger partial charge in [0.25, 0.3) is 0 Å². The number of nitrogens with one attached hydrogen (secondary N) is 1. The van der Waals surface area contributed by atoms with Crippen LogP contribution in [0.1, 0.15) is 24.4 Å². The lowest BCUT2D eigenvalue weighted by Crippen LogP contribution is -2.56. The smallest absolute Gasteiger partial charge is 0.247 e. The maximum absolute atomic E-state index is 12.2. The van der Waals surface area contributed by atoms with Crippen LogP contribution in [-0.2, 0) is 9.59 Å². The topological polar surface area (TPSA) is 49.4 Å². The van der Waals surface area contributed by atoms with Crippen LogP contribution in [0, 0.1) is 0 Å². The summed E-state index contributed by atoms with van der Waals surface area (Å²) >= 11 is 0. The number of carbonyl (C=O) groups is 2. The van der Waals surface area contributed by atoms with Crippen LogP contribution < -0.4 is 5.32 Å². The van der Waals surface area contributed by atoms with Crippen molar-refractivity contribution in [2.45, 2.75) is 24.9 Å². The summed E-state index contributed by atoms with van der Waals surface area (Å²) < 4.78 is 0. The van der Waals surface area contributed by atoms with Gasteiger partial charge in [0.15, 0.2) is 0 Å². The second kappa shape index (κ2) is 4.88. The second-order valence-corrected chi connectivity index (χ2v) is 4.93. The maximum atomic E-state index is 12.2. The fourth-order valence-electron chi connectivity index (χ4n) is 2.81. The van der Waals surface area contributed by atoms with Gasteiger partial charge in [-0.15, -0.1) is 0 Å². The van der Waals surface area contributed by atoms with Crippen LogP contribution in [0.3, 0.4) is 0 Å². The average molecular weight is 256 g/mol. The molecule has 0 saturated carbocycles. The molecular weight excluding hydrogens is 240 g/mol. The molecule has 0 radical (unpaired) electrons. The zero-order valence-electron chi connectivity index (χ0n) is 10.6. The van der Waals surface area contributed by atoms with Gasteiger partial charge in [0.2, 0.25) is 11.8 Å². The molecule has 4 heteroatoms. The van der Waals surface area contributed by atoms with Crippen molar-refractivity contribution >= 4 is 11.8 Å². The number of carbonyl (C=O) groups excluding carboxylic acids is 2. The minimum atomic E-state index is -0.493. The highest BCUT2D eigenvalue weighted by Crippen LogP contribution is 2.30. The van der Waals surface area contributed by atoms with Gasteiger partial charge in [0.05, 0.1) is 6.54 Å². The van der Waals surface area contributed by atoms with Crippen LogP contribution in [0.4, 0.5) is 0 Å². The van der Waals surface area contributed by atoms with E-state index >= 15 is 0 Å². The predicted octanol–water partition coefficient (Wildman–Crippen LogP) is 1.40. The lowest BCUT2D eigenvalue weighted by atomic mass is 9.99. The van der Waals surface area contributed by atoms with Crippen molar-refractivity contribution in [2.75, 3.05) is 6.54 Å². The van der Waals surface area contributed by atoms with Gasteiger partial charge in [-0.25, -0.2) is 0 Å². The van der Waals surface area contributed by atoms with Crippen LogP contribution in [0.25, 0.3) is 0 Å². The van der Waals surface area contributed by atoms with Crippen molar-refractivity contribution in [3.05, 3.63) is 48.0 Å². The van der Waals surface area contributed by atoms with Crippen LogP contribution in [0.15, 0.2) is 42.5 Å². The Balaban J connectivity index is 1.96. The van der Waals surface area contributed by atoms with Crippen molar-refractivity contribution in [1.29, 1.82) is 0 Å². The average Bonchev–Trinajstić information content (AvgIpc) is 2.96. The minimum Gasteiger partial charge on any atom is -0.345 e. The number of hydrogen-bond acceptors (Lipinski definition) is 2. The molecule has 1 aromatic rings. The molecule has 1 aliphatic heterocycles. The molecule has 4 nitrogen and oxygen atoms in total. The van der Waals surface area contributed by atoms with Crippen LogP contribution >= 0.6 is 0 Å². The summed E-state index contributed by atoms with van der Waals surface area (Å²) in [5.74, 6) is -0.0835. The molecule has 1 saturated heterocycles. The summed E-state index contributed by atoms with van der Waals surface area (Å²) in [5.41, 5.74) is 0.875. The van der Waals surface area contributed by atoms with Gasteiger partial charge in [-0.05, 0) is 18.4 Å². The molecule has 0 spiro atoms. The molecule has 19 heavy (non-hydrogen) atoms. The second-order valence-electron chi connectivity index (χ2n) is 4.93. The Bertz CT molecular complexity index is 516. The molecule has 1 aliphatic carbocycles.